The summed E-state index contributed by atoms with van der Waals surface area (Å²) >= 11 is 0. The highest BCUT2D eigenvalue weighted by Gasteiger charge is 1.85. The molecule has 1 radical (unpaired) electrons. The third-order valence-electron chi connectivity index (χ3n) is 1.91. The van der Waals surface area contributed by atoms with Crippen LogP contribution >= 0.6 is 0 Å². The van der Waals surface area contributed by atoms with Gasteiger partial charge in [-0.05, 0) is 32.1 Å². The normalized spacial score (nSPS) is 28.9. The minimum absolute atomic E-state index is 1.10. The Morgan fingerprint density at radius 3 is 2.15 bits per heavy atom. The molecule has 0 bridgehead atoms. The van der Waals surface area contributed by atoms with Crippen LogP contribution in [0.4, 0.5) is 0 Å². The molecule has 0 amide bonds. The van der Waals surface area contributed by atoms with E-state index < -0.39 is 0 Å². The van der Waals surface area contributed by atoms with E-state index in [-0.39, 0.29) is 0 Å². The monoisotopic (exact) mass is 173 g/mol. The van der Waals surface area contributed by atoms with Crippen LogP contribution in [0.15, 0.2) is 48.6 Å². The van der Waals surface area contributed by atoms with Crippen LogP contribution in [0.25, 0.3) is 0 Å². The van der Waals surface area contributed by atoms with Gasteiger partial charge in [-0.3, -0.25) is 0 Å². The number of allylic oxidation sites excluding steroid dienone is 8. The molecule has 1 aliphatic rings. The fourth-order valence-corrected chi connectivity index (χ4v) is 1.18. The molecule has 0 fully saturated rings. The van der Waals surface area contributed by atoms with Crippen LogP contribution < -0.4 is 0 Å². The van der Waals surface area contributed by atoms with Gasteiger partial charge in [-0.1, -0.05) is 48.6 Å². The lowest BCUT2D eigenvalue weighted by Crippen LogP contribution is -1.75. The fraction of sp³-hybridized carbons (Fsp3) is 0.308. The molecule has 0 saturated carbocycles. The second kappa shape index (κ2) is 7.60. The van der Waals surface area contributed by atoms with Gasteiger partial charge in [0.15, 0.2) is 0 Å². The van der Waals surface area contributed by atoms with Gasteiger partial charge in [-0.2, -0.15) is 0 Å². The van der Waals surface area contributed by atoms with Crippen LogP contribution in [0.1, 0.15) is 25.7 Å². The van der Waals surface area contributed by atoms with Gasteiger partial charge in [0.2, 0.25) is 0 Å². The van der Waals surface area contributed by atoms with Crippen LogP contribution in [0.5, 0.6) is 0 Å². The van der Waals surface area contributed by atoms with Crippen molar-refractivity contribution in [2.24, 2.45) is 0 Å². The molecule has 0 aromatic heterocycles. The van der Waals surface area contributed by atoms with Gasteiger partial charge in [-0.15, -0.1) is 0 Å². The molecule has 0 heterocycles. The van der Waals surface area contributed by atoms with Gasteiger partial charge in [0, 0.05) is 0 Å². The summed E-state index contributed by atoms with van der Waals surface area (Å²) in [7, 11) is 0. The average Bonchev–Trinajstić information content (AvgIpc) is 2.18. The second-order valence-electron chi connectivity index (χ2n) is 3.08. The molecule has 69 valence electrons. The van der Waals surface area contributed by atoms with E-state index in [4.69, 9.17) is 0 Å². The van der Waals surface area contributed by atoms with E-state index in [1.165, 1.54) is 19.3 Å². The summed E-state index contributed by atoms with van der Waals surface area (Å²) in [5.74, 6) is 0. The standard InChI is InChI=1S/C13H17/c1-2-4-6-8-10-12-13-11-9-7-5-3-1/h1-8,11H,9-10,12-13H2/b3-1+,4-2-,7-5-,8-6+. The minimum atomic E-state index is 1.10. The SMILES string of the molecule is [CH]1C\C=C/C=C/C=C\C=C\CCC1. The Hall–Kier alpha value is -1.04. The number of hydrogen-bond donors (Lipinski definition) is 0. The zero-order chi connectivity index (χ0) is 9.19. The summed E-state index contributed by atoms with van der Waals surface area (Å²) in [4.78, 5) is 0. The Kier molecular flexibility index (Phi) is 5.87. The van der Waals surface area contributed by atoms with E-state index in [1.54, 1.807) is 0 Å². The highest BCUT2D eigenvalue weighted by molar-refractivity contribution is 5.15. The maximum absolute atomic E-state index is 2.34. The Bertz CT molecular complexity index is 192. The molecule has 0 unspecified atom stereocenters. The molecule has 13 heavy (non-hydrogen) atoms. The number of hydrogen-bond acceptors (Lipinski definition) is 0. The largest absolute Gasteiger partial charge is 0.0845 e. The molecule has 0 nitrogen and oxygen atoms in total. The van der Waals surface area contributed by atoms with Crippen LogP contribution in [-0.2, 0) is 0 Å². The van der Waals surface area contributed by atoms with Gasteiger partial charge in [0.1, 0.15) is 0 Å². The smallest absolute Gasteiger partial charge is 0.0316 e. The van der Waals surface area contributed by atoms with E-state index in [0.29, 0.717) is 0 Å². The first-order valence-corrected chi connectivity index (χ1v) is 4.97. The maximum Gasteiger partial charge on any atom is -0.0316 e. The summed E-state index contributed by atoms with van der Waals surface area (Å²) in [6, 6.07) is 0. The lowest BCUT2D eigenvalue weighted by molar-refractivity contribution is 0.811. The first kappa shape index (κ1) is 10.0. The van der Waals surface area contributed by atoms with Crippen molar-refractivity contribution in [1.82, 2.24) is 0 Å². The molecular formula is C13H17. The van der Waals surface area contributed by atoms with Crippen molar-refractivity contribution >= 4 is 0 Å². The Balaban J connectivity index is 2.39. The van der Waals surface area contributed by atoms with Crippen molar-refractivity contribution in [1.29, 1.82) is 0 Å². The molecule has 0 heteroatoms. The van der Waals surface area contributed by atoms with Crippen LogP contribution in [0.3, 0.4) is 0 Å². The van der Waals surface area contributed by atoms with Gasteiger partial charge >= 0.3 is 0 Å². The summed E-state index contributed by atoms with van der Waals surface area (Å²) in [6.45, 7) is 0. The zero-order valence-electron chi connectivity index (χ0n) is 8.02. The van der Waals surface area contributed by atoms with Crippen molar-refractivity contribution in [2.45, 2.75) is 25.7 Å². The van der Waals surface area contributed by atoms with E-state index in [9.17, 15) is 0 Å². The molecule has 0 N–H and O–H groups in total. The van der Waals surface area contributed by atoms with E-state index in [1.807, 2.05) is 0 Å². The molecule has 0 aromatic rings. The van der Waals surface area contributed by atoms with Crippen LogP contribution in [-0.4, -0.2) is 0 Å². The van der Waals surface area contributed by atoms with Gasteiger partial charge in [0.05, 0.1) is 0 Å². The predicted molar refractivity (Wildman–Crippen MR) is 59.3 cm³/mol. The molecular weight excluding hydrogens is 156 g/mol. The molecule has 0 saturated heterocycles. The lowest BCUT2D eigenvalue weighted by Gasteiger charge is -1.93. The highest BCUT2D eigenvalue weighted by atomic mass is 13.9. The quantitative estimate of drug-likeness (QED) is 0.519. The summed E-state index contributed by atoms with van der Waals surface area (Å²) < 4.78 is 0. The lowest BCUT2D eigenvalue weighted by atomic mass is 10.1. The Morgan fingerprint density at radius 1 is 0.615 bits per heavy atom. The maximum atomic E-state index is 2.34. The molecule has 0 atom stereocenters. The molecule has 1 aliphatic carbocycles. The van der Waals surface area contributed by atoms with E-state index in [2.05, 4.69) is 55.0 Å². The molecule has 0 aromatic carbocycles. The van der Waals surface area contributed by atoms with E-state index >= 15 is 0 Å². The second-order valence-corrected chi connectivity index (χ2v) is 3.08. The molecule has 1 rings (SSSR count). The van der Waals surface area contributed by atoms with E-state index in [0.717, 1.165) is 6.42 Å². The van der Waals surface area contributed by atoms with Gasteiger partial charge in [0.25, 0.3) is 0 Å². The van der Waals surface area contributed by atoms with Crippen molar-refractivity contribution in [3.63, 3.8) is 0 Å². The Labute approximate surface area is 81.4 Å². The summed E-state index contributed by atoms with van der Waals surface area (Å²) in [5, 5.41) is 0. The molecule has 0 aliphatic heterocycles. The molecule has 0 spiro atoms. The topological polar surface area (TPSA) is 0 Å². The third kappa shape index (κ3) is 6.15. The third-order valence-corrected chi connectivity index (χ3v) is 1.91. The highest BCUT2D eigenvalue weighted by Crippen LogP contribution is 2.03. The predicted octanol–water partition coefficient (Wildman–Crippen LogP) is 3.99. The van der Waals surface area contributed by atoms with Gasteiger partial charge < -0.3 is 0 Å². The first-order chi connectivity index (χ1) is 6.50. The summed E-state index contributed by atoms with van der Waals surface area (Å²) in [6.07, 6.45) is 24.0. The van der Waals surface area contributed by atoms with Crippen LogP contribution in [0.2, 0.25) is 0 Å². The van der Waals surface area contributed by atoms with Crippen molar-refractivity contribution in [3.8, 4) is 0 Å². The van der Waals surface area contributed by atoms with Crippen molar-refractivity contribution < 1.29 is 0 Å². The fourth-order valence-electron chi connectivity index (χ4n) is 1.18. The van der Waals surface area contributed by atoms with Crippen molar-refractivity contribution in [3.05, 3.63) is 55.0 Å². The zero-order valence-corrected chi connectivity index (χ0v) is 8.02. The Morgan fingerprint density at radius 2 is 1.31 bits per heavy atom. The van der Waals surface area contributed by atoms with Crippen LogP contribution in [0, 0.1) is 6.42 Å². The number of rotatable bonds is 0. The first-order valence-electron chi connectivity index (χ1n) is 4.97. The van der Waals surface area contributed by atoms with Crippen molar-refractivity contribution in [2.75, 3.05) is 0 Å². The average molecular weight is 173 g/mol. The van der Waals surface area contributed by atoms with Gasteiger partial charge in [-0.25, -0.2) is 0 Å². The summed E-state index contributed by atoms with van der Waals surface area (Å²) in [5.41, 5.74) is 0. The minimum Gasteiger partial charge on any atom is -0.0845 e.